The van der Waals surface area contributed by atoms with Crippen LogP contribution in [0, 0.1) is 0 Å². The van der Waals surface area contributed by atoms with Crippen LogP contribution in [0.1, 0.15) is 5.56 Å². The fraction of sp³-hybridized carbons (Fsp3) is 0.154. The minimum absolute atomic E-state index is 0.0192. The molecule has 0 unspecified atom stereocenters. The van der Waals surface area contributed by atoms with Crippen LogP contribution in [0.25, 0.3) is 11.0 Å². The highest BCUT2D eigenvalue weighted by Crippen LogP contribution is 2.36. The van der Waals surface area contributed by atoms with Gasteiger partial charge in [-0.1, -0.05) is 6.08 Å². The molecule has 0 spiro atoms. The molecule has 2 rings (SSSR count). The highest BCUT2D eigenvalue weighted by Gasteiger charge is 2.14. The second-order valence-electron chi connectivity index (χ2n) is 3.57. The van der Waals surface area contributed by atoms with Crippen LogP contribution >= 0.6 is 0 Å². The van der Waals surface area contributed by atoms with Crippen LogP contribution in [0.15, 0.2) is 40.1 Å². The van der Waals surface area contributed by atoms with E-state index in [1.807, 2.05) is 0 Å². The third-order valence-corrected chi connectivity index (χ3v) is 2.51. The normalized spacial score (nSPS) is 10.4. The van der Waals surface area contributed by atoms with E-state index in [0.29, 0.717) is 28.7 Å². The number of benzene rings is 1. The van der Waals surface area contributed by atoms with Gasteiger partial charge in [-0.15, -0.1) is 6.58 Å². The molecule has 0 saturated heterocycles. The molecule has 0 aliphatic heterocycles. The van der Waals surface area contributed by atoms with E-state index < -0.39 is 5.63 Å². The second-order valence-corrected chi connectivity index (χ2v) is 3.57. The lowest BCUT2D eigenvalue weighted by Crippen LogP contribution is -1.98. The fourth-order valence-corrected chi connectivity index (χ4v) is 1.73. The van der Waals surface area contributed by atoms with Gasteiger partial charge in [0.15, 0.2) is 11.5 Å². The molecule has 1 heterocycles. The number of hydrogen-bond acceptors (Lipinski definition) is 4. The lowest BCUT2D eigenvalue weighted by atomic mass is 10.1. The average Bonchev–Trinajstić information content (AvgIpc) is 2.33. The zero-order valence-electron chi connectivity index (χ0n) is 9.40. The lowest BCUT2D eigenvalue weighted by molar-refractivity contribution is 0.371. The maximum atomic E-state index is 11.2. The van der Waals surface area contributed by atoms with Crippen molar-refractivity contribution >= 4 is 11.0 Å². The van der Waals surface area contributed by atoms with Crippen molar-refractivity contribution in [2.24, 2.45) is 0 Å². The van der Waals surface area contributed by atoms with Crippen LogP contribution in [0.2, 0.25) is 0 Å². The number of hydrogen-bond donors (Lipinski definition) is 1. The van der Waals surface area contributed by atoms with Gasteiger partial charge in [-0.05, 0) is 18.6 Å². The number of fused-ring (bicyclic) bond motifs is 1. The SMILES string of the molecule is C=CCc1c(O)c(OC)cc2ccc(=O)oc12. The van der Waals surface area contributed by atoms with Gasteiger partial charge in [0.25, 0.3) is 0 Å². The van der Waals surface area contributed by atoms with Crippen LogP contribution in [0.3, 0.4) is 0 Å². The second kappa shape index (κ2) is 4.33. The summed E-state index contributed by atoms with van der Waals surface area (Å²) in [6.07, 6.45) is 2.02. The zero-order valence-corrected chi connectivity index (χ0v) is 9.40. The fourth-order valence-electron chi connectivity index (χ4n) is 1.73. The van der Waals surface area contributed by atoms with Crippen molar-refractivity contribution in [3.8, 4) is 11.5 Å². The summed E-state index contributed by atoms with van der Waals surface area (Å²) in [5.74, 6) is 0.331. The van der Waals surface area contributed by atoms with Crippen molar-refractivity contribution in [3.05, 3.63) is 46.8 Å². The van der Waals surface area contributed by atoms with Crippen molar-refractivity contribution in [1.29, 1.82) is 0 Å². The highest BCUT2D eigenvalue weighted by atomic mass is 16.5. The van der Waals surface area contributed by atoms with Crippen LogP contribution in [0.4, 0.5) is 0 Å². The Morgan fingerprint density at radius 2 is 2.29 bits per heavy atom. The summed E-state index contributed by atoms with van der Waals surface area (Å²) in [5.41, 5.74) is 0.426. The van der Waals surface area contributed by atoms with E-state index in [4.69, 9.17) is 9.15 Å². The molecular formula is C13H12O4. The maximum absolute atomic E-state index is 11.2. The number of aromatic hydroxyl groups is 1. The Balaban J connectivity index is 2.86. The summed E-state index contributed by atoms with van der Waals surface area (Å²) >= 11 is 0. The quantitative estimate of drug-likeness (QED) is 0.651. The number of ether oxygens (including phenoxy) is 1. The van der Waals surface area contributed by atoms with E-state index in [0.717, 1.165) is 0 Å². The van der Waals surface area contributed by atoms with Gasteiger partial charge in [-0.25, -0.2) is 4.79 Å². The Kier molecular flexibility index (Phi) is 2.87. The van der Waals surface area contributed by atoms with Crippen molar-refractivity contribution in [2.75, 3.05) is 7.11 Å². The molecule has 0 amide bonds. The molecule has 4 nitrogen and oxygen atoms in total. The average molecular weight is 232 g/mol. The van der Waals surface area contributed by atoms with Gasteiger partial charge in [0.05, 0.1) is 7.11 Å². The molecule has 0 radical (unpaired) electrons. The summed E-state index contributed by atoms with van der Waals surface area (Å²) in [4.78, 5) is 11.2. The first-order valence-electron chi connectivity index (χ1n) is 5.11. The van der Waals surface area contributed by atoms with Crippen molar-refractivity contribution < 1.29 is 14.3 Å². The summed E-state index contributed by atoms with van der Waals surface area (Å²) < 4.78 is 10.2. The van der Waals surface area contributed by atoms with Gasteiger partial charge >= 0.3 is 5.63 Å². The monoisotopic (exact) mass is 232 g/mol. The Labute approximate surface area is 97.8 Å². The largest absolute Gasteiger partial charge is 0.504 e. The standard InChI is InChI=1S/C13H12O4/c1-3-4-9-12(15)10(16-2)7-8-5-6-11(14)17-13(8)9/h3,5-7,15H,1,4H2,2H3. The van der Waals surface area contributed by atoms with Gasteiger partial charge in [-0.2, -0.15) is 0 Å². The summed E-state index contributed by atoms with van der Waals surface area (Å²) in [6.45, 7) is 3.61. The van der Waals surface area contributed by atoms with Crippen molar-refractivity contribution in [2.45, 2.75) is 6.42 Å². The Hall–Kier alpha value is -2.23. The van der Waals surface area contributed by atoms with Crippen LogP contribution < -0.4 is 10.4 Å². The van der Waals surface area contributed by atoms with E-state index >= 15 is 0 Å². The Morgan fingerprint density at radius 1 is 1.53 bits per heavy atom. The van der Waals surface area contributed by atoms with Gasteiger partial charge in [0.2, 0.25) is 0 Å². The molecule has 4 heteroatoms. The maximum Gasteiger partial charge on any atom is 0.336 e. The number of phenolic OH excluding ortho intramolecular Hbond substituents is 1. The molecule has 1 aromatic heterocycles. The molecule has 1 N–H and O–H groups in total. The van der Waals surface area contributed by atoms with E-state index in [2.05, 4.69) is 6.58 Å². The van der Waals surface area contributed by atoms with Crippen LogP contribution in [-0.2, 0) is 6.42 Å². The number of phenols is 1. The Morgan fingerprint density at radius 3 is 2.94 bits per heavy atom. The third-order valence-electron chi connectivity index (χ3n) is 2.51. The predicted molar refractivity (Wildman–Crippen MR) is 64.6 cm³/mol. The minimum atomic E-state index is -0.452. The van der Waals surface area contributed by atoms with Gasteiger partial charge in [0.1, 0.15) is 5.58 Å². The molecule has 17 heavy (non-hydrogen) atoms. The van der Waals surface area contributed by atoms with Crippen molar-refractivity contribution in [3.63, 3.8) is 0 Å². The molecule has 0 fully saturated rings. The predicted octanol–water partition coefficient (Wildman–Crippen LogP) is 2.24. The number of allylic oxidation sites excluding steroid dienone is 1. The first-order valence-corrected chi connectivity index (χ1v) is 5.11. The van der Waals surface area contributed by atoms with Gasteiger partial charge in [-0.3, -0.25) is 0 Å². The molecule has 2 aromatic rings. The minimum Gasteiger partial charge on any atom is -0.504 e. The van der Waals surface area contributed by atoms with Crippen molar-refractivity contribution in [1.82, 2.24) is 0 Å². The topological polar surface area (TPSA) is 59.7 Å². The summed E-state index contributed by atoms with van der Waals surface area (Å²) in [5, 5.41) is 10.7. The summed E-state index contributed by atoms with van der Waals surface area (Å²) in [7, 11) is 1.47. The first-order chi connectivity index (χ1) is 8.17. The van der Waals surface area contributed by atoms with E-state index in [-0.39, 0.29) is 5.75 Å². The summed E-state index contributed by atoms with van der Waals surface area (Å²) in [6, 6.07) is 4.59. The van der Waals surface area contributed by atoms with Gasteiger partial charge in [0, 0.05) is 17.0 Å². The van der Waals surface area contributed by atoms with E-state index in [1.165, 1.54) is 13.2 Å². The number of methoxy groups -OCH3 is 1. The van der Waals surface area contributed by atoms with Crippen LogP contribution in [0.5, 0.6) is 11.5 Å². The van der Waals surface area contributed by atoms with Crippen LogP contribution in [-0.4, -0.2) is 12.2 Å². The highest BCUT2D eigenvalue weighted by molar-refractivity contribution is 5.84. The lowest BCUT2D eigenvalue weighted by Gasteiger charge is -2.10. The molecular weight excluding hydrogens is 220 g/mol. The molecule has 0 aliphatic carbocycles. The molecule has 88 valence electrons. The molecule has 0 bridgehead atoms. The van der Waals surface area contributed by atoms with E-state index in [1.54, 1.807) is 18.2 Å². The molecule has 0 aliphatic rings. The molecule has 0 saturated carbocycles. The number of rotatable bonds is 3. The zero-order chi connectivity index (χ0) is 12.4. The van der Waals surface area contributed by atoms with E-state index in [9.17, 15) is 9.90 Å². The first kappa shape index (κ1) is 11.3. The Bertz CT molecular complexity index is 625. The molecule has 0 atom stereocenters. The smallest absolute Gasteiger partial charge is 0.336 e. The van der Waals surface area contributed by atoms with Gasteiger partial charge < -0.3 is 14.3 Å². The third kappa shape index (κ3) is 1.89. The molecule has 1 aromatic carbocycles.